The van der Waals surface area contributed by atoms with Crippen molar-refractivity contribution in [3.8, 4) is 23.1 Å². The number of hydrogen-bond acceptors (Lipinski definition) is 9. The van der Waals surface area contributed by atoms with E-state index in [0.29, 0.717) is 28.8 Å². The number of amides is 1. The van der Waals surface area contributed by atoms with Gasteiger partial charge in [0, 0.05) is 61.8 Å². The van der Waals surface area contributed by atoms with Crippen LogP contribution in [0.5, 0.6) is 17.2 Å². The molecule has 43 heavy (non-hydrogen) atoms. The summed E-state index contributed by atoms with van der Waals surface area (Å²) in [5.41, 5.74) is 2.37. The zero-order valence-electron chi connectivity index (χ0n) is 24.4. The molecule has 0 radical (unpaired) electrons. The number of fused-ring (bicyclic) bond motifs is 1. The molecular formula is C32H33N7O4. The number of nitrogens with one attached hydrogen (secondary N) is 1. The minimum atomic E-state index is -0.177. The molecule has 1 N–H and O–H groups in total. The SMILES string of the molecule is COc1cc(NC(=O)Cc2cn(-c3ccc(N4CCN(c5ccccn5)CC4)nn3)c3ccccc23)cc(OC)c1OC. The number of benzene rings is 2. The number of carbonyl (C=O) groups is 1. The van der Waals surface area contributed by atoms with E-state index < -0.39 is 0 Å². The summed E-state index contributed by atoms with van der Waals surface area (Å²) in [5, 5.41) is 13.1. The molecule has 0 saturated carbocycles. The first-order valence-electron chi connectivity index (χ1n) is 14.0. The van der Waals surface area contributed by atoms with Crippen LogP contribution >= 0.6 is 0 Å². The fraction of sp³-hybridized carbons (Fsp3) is 0.250. The maximum Gasteiger partial charge on any atom is 0.228 e. The summed E-state index contributed by atoms with van der Waals surface area (Å²) in [6, 6.07) is 21.3. The van der Waals surface area contributed by atoms with Gasteiger partial charge >= 0.3 is 0 Å². The van der Waals surface area contributed by atoms with Gasteiger partial charge < -0.3 is 29.3 Å². The third kappa shape index (κ3) is 5.74. The molecule has 1 amide bonds. The minimum absolute atomic E-state index is 0.163. The van der Waals surface area contributed by atoms with E-state index in [2.05, 4.69) is 30.3 Å². The highest BCUT2D eigenvalue weighted by molar-refractivity contribution is 5.96. The van der Waals surface area contributed by atoms with E-state index in [4.69, 9.17) is 14.2 Å². The predicted octanol–water partition coefficient (Wildman–Crippen LogP) is 4.35. The first-order valence-corrected chi connectivity index (χ1v) is 14.0. The Hall–Kier alpha value is -5.32. The number of carbonyl (C=O) groups excluding carboxylic acids is 1. The number of nitrogens with zero attached hydrogens (tertiary/aromatic N) is 6. The van der Waals surface area contributed by atoms with Crippen molar-refractivity contribution in [1.29, 1.82) is 0 Å². The molecule has 0 atom stereocenters. The number of anilines is 3. The van der Waals surface area contributed by atoms with Gasteiger partial charge in [0.25, 0.3) is 0 Å². The quantitative estimate of drug-likeness (QED) is 0.273. The minimum Gasteiger partial charge on any atom is -0.493 e. The Morgan fingerprint density at radius 2 is 1.44 bits per heavy atom. The fourth-order valence-corrected chi connectivity index (χ4v) is 5.43. The van der Waals surface area contributed by atoms with Crippen molar-refractivity contribution >= 4 is 34.1 Å². The van der Waals surface area contributed by atoms with Crippen LogP contribution in [0.15, 0.2) is 79.1 Å². The number of rotatable bonds is 9. The number of piperazine rings is 1. The van der Waals surface area contributed by atoms with Crippen molar-refractivity contribution in [2.24, 2.45) is 0 Å². The van der Waals surface area contributed by atoms with Gasteiger partial charge in [0.15, 0.2) is 23.1 Å². The van der Waals surface area contributed by atoms with Crippen molar-refractivity contribution in [2.45, 2.75) is 6.42 Å². The molecule has 11 heteroatoms. The Balaban J connectivity index is 1.18. The zero-order chi connectivity index (χ0) is 29.8. The first kappa shape index (κ1) is 27.8. The van der Waals surface area contributed by atoms with Gasteiger partial charge in [0.1, 0.15) is 5.82 Å². The Morgan fingerprint density at radius 1 is 0.791 bits per heavy atom. The molecule has 1 aliphatic heterocycles. The maximum atomic E-state index is 13.2. The zero-order valence-corrected chi connectivity index (χ0v) is 24.4. The number of methoxy groups -OCH3 is 3. The lowest BCUT2D eigenvalue weighted by Crippen LogP contribution is -2.47. The fourth-order valence-electron chi connectivity index (χ4n) is 5.43. The largest absolute Gasteiger partial charge is 0.493 e. The molecule has 0 unspecified atom stereocenters. The molecule has 4 heterocycles. The summed E-state index contributed by atoms with van der Waals surface area (Å²) in [6.07, 6.45) is 3.94. The normalized spacial score (nSPS) is 13.2. The Kier molecular flexibility index (Phi) is 7.94. The lowest BCUT2D eigenvalue weighted by molar-refractivity contribution is -0.115. The second kappa shape index (κ2) is 12.3. The monoisotopic (exact) mass is 579 g/mol. The highest BCUT2D eigenvalue weighted by Crippen LogP contribution is 2.40. The van der Waals surface area contributed by atoms with Crippen LogP contribution < -0.4 is 29.3 Å². The van der Waals surface area contributed by atoms with Crippen LogP contribution in [0.4, 0.5) is 17.3 Å². The average Bonchev–Trinajstić information content (AvgIpc) is 3.42. The van der Waals surface area contributed by atoms with Crippen LogP contribution in [0.2, 0.25) is 0 Å². The molecule has 11 nitrogen and oxygen atoms in total. The molecule has 1 saturated heterocycles. The molecule has 0 bridgehead atoms. The Bertz CT molecular complexity index is 1690. The van der Waals surface area contributed by atoms with Gasteiger partial charge in [0.2, 0.25) is 11.7 Å². The molecule has 5 aromatic rings. The summed E-state index contributed by atoms with van der Waals surface area (Å²) in [6.45, 7) is 3.40. The van der Waals surface area contributed by atoms with Crippen LogP contribution in [0.3, 0.4) is 0 Å². The summed E-state index contributed by atoms with van der Waals surface area (Å²) >= 11 is 0. The summed E-state index contributed by atoms with van der Waals surface area (Å²) < 4.78 is 18.2. The van der Waals surface area contributed by atoms with Gasteiger partial charge in [-0.1, -0.05) is 24.3 Å². The van der Waals surface area contributed by atoms with Crippen molar-refractivity contribution in [3.05, 3.63) is 84.7 Å². The van der Waals surface area contributed by atoms with Crippen LogP contribution in [0.1, 0.15) is 5.56 Å². The van der Waals surface area contributed by atoms with Crippen molar-refractivity contribution < 1.29 is 19.0 Å². The molecule has 1 fully saturated rings. The summed E-state index contributed by atoms with van der Waals surface area (Å²) in [4.78, 5) is 22.2. The van der Waals surface area contributed by atoms with Crippen LogP contribution in [-0.2, 0) is 11.2 Å². The molecule has 1 aliphatic rings. The standard InChI is InChI=1S/C32H33N7O4/c1-41-26-19-23(20-27(42-2)32(26)43-3)34-31(40)18-22-21-39(25-9-5-4-8-24(22)25)30-12-11-29(35-36-30)38-16-14-37(15-17-38)28-10-6-7-13-33-28/h4-13,19-21H,14-18H2,1-3H3,(H,34,40). The number of aromatic nitrogens is 4. The highest BCUT2D eigenvalue weighted by atomic mass is 16.5. The van der Waals surface area contributed by atoms with Crippen LogP contribution in [-0.4, -0.2) is 73.2 Å². The van der Waals surface area contributed by atoms with E-state index in [0.717, 1.165) is 54.3 Å². The Labute approximate surface area is 249 Å². The third-order valence-electron chi connectivity index (χ3n) is 7.55. The topological polar surface area (TPSA) is 107 Å². The lowest BCUT2D eigenvalue weighted by atomic mass is 10.1. The summed E-state index contributed by atoms with van der Waals surface area (Å²) in [7, 11) is 4.62. The van der Waals surface area contributed by atoms with Crippen molar-refractivity contribution in [2.75, 3.05) is 62.6 Å². The molecule has 2 aromatic carbocycles. The van der Waals surface area contributed by atoms with Crippen LogP contribution in [0, 0.1) is 0 Å². The van der Waals surface area contributed by atoms with Crippen molar-refractivity contribution in [1.82, 2.24) is 19.7 Å². The van der Waals surface area contributed by atoms with E-state index in [-0.39, 0.29) is 12.3 Å². The number of hydrogen-bond donors (Lipinski definition) is 1. The molecule has 6 rings (SSSR count). The molecule has 0 spiro atoms. The highest BCUT2D eigenvalue weighted by Gasteiger charge is 2.20. The lowest BCUT2D eigenvalue weighted by Gasteiger charge is -2.35. The van der Waals surface area contributed by atoms with E-state index in [1.54, 1.807) is 12.1 Å². The molecular weight excluding hydrogens is 546 g/mol. The number of para-hydroxylation sites is 1. The molecule has 3 aromatic heterocycles. The van der Waals surface area contributed by atoms with Gasteiger partial charge in [-0.2, -0.15) is 0 Å². The van der Waals surface area contributed by atoms with Crippen molar-refractivity contribution in [3.63, 3.8) is 0 Å². The van der Waals surface area contributed by atoms with E-state index in [1.807, 2.05) is 71.6 Å². The second-order valence-corrected chi connectivity index (χ2v) is 10.1. The molecule has 0 aliphatic carbocycles. The Morgan fingerprint density at radius 3 is 2.07 bits per heavy atom. The van der Waals surface area contributed by atoms with E-state index in [1.165, 1.54) is 21.3 Å². The summed E-state index contributed by atoms with van der Waals surface area (Å²) in [5.74, 6) is 3.73. The maximum absolute atomic E-state index is 13.2. The van der Waals surface area contributed by atoms with Crippen LogP contribution in [0.25, 0.3) is 16.7 Å². The average molecular weight is 580 g/mol. The van der Waals surface area contributed by atoms with Gasteiger partial charge in [-0.25, -0.2) is 4.98 Å². The predicted molar refractivity (Wildman–Crippen MR) is 166 cm³/mol. The first-order chi connectivity index (χ1) is 21.1. The van der Waals surface area contributed by atoms with E-state index >= 15 is 0 Å². The second-order valence-electron chi connectivity index (χ2n) is 10.1. The number of pyridine rings is 1. The smallest absolute Gasteiger partial charge is 0.228 e. The third-order valence-corrected chi connectivity index (χ3v) is 7.55. The van der Waals surface area contributed by atoms with Gasteiger partial charge in [-0.3, -0.25) is 9.36 Å². The molecule has 220 valence electrons. The van der Waals surface area contributed by atoms with E-state index in [9.17, 15) is 4.79 Å². The van der Waals surface area contributed by atoms with Gasteiger partial charge in [-0.15, -0.1) is 10.2 Å². The van der Waals surface area contributed by atoms with Gasteiger partial charge in [-0.05, 0) is 35.9 Å². The number of ether oxygens (including phenoxy) is 3. The van der Waals surface area contributed by atoms with Gasteiger partial charge in [0.05, 0.1) is 33.3 Å².